The van der Waals surface area contributed by atoms with E-state index in [0.29, 0.717) is 16.4 Å². The molecule has 0 unspecified atom stereocenters. The van der Waals surface area contributed by atoms with Crippen LogP contribution in [0.1, 0.15) is 23.7 Å². The highest BCUT2D eigenvalue weighted by molar-refractivity contribution is 6.36. The molecule has 1 saturated heterocycles. The maximum Gasteiger partial charge on any atom is 0.338 e. The van der Waals surface area contributed by atoms with Crippen LogP contribution in [-0.2, 0) is 19.1 Å². The van der Waals surface area contributed by atoms with Gasteiger partial charge in [-0.1, -0.05) is 40.9 Å². The average molecular weight is 499 g/mol. The maximum absolute atomic E-state index is 13.1. The smallest absolute Gasteiger partial charge is 0.338 e. The lowest BCUT2D eigenvalue weighted by Crippen LogP contribution is -2.33. The molecule has 2 fully saturated rings. The van der Waals surface area contributed by atoms with E-state index in [1.807, 2.05) is 6.92 Å². The van der Waals surface area contributed by atoms with Crippen molar-refractivity contribution in [3.05, 3.63) is 69.7 Å². The standard InChI is InChI=1S/C25H20Cl2N2O5/c1-12-7-14-9-17(12)22-21(14)23(31)29(24(22)32)16-4-2-3-13(8-16)25(33)34-11-20(30)28-19-6-5-15(26)10-18(19)27/h2-8,10,14,17,21-22H,9,11H2,1H3,(H,28,30)/t14-,17+,21-,22-/m0/s1. The zero-order valence-corrected chi connectivity index (χ0v) is 19.6. The molecule has 3 amide bonds. The lowest BCUT2D eigenvalue weighted by atomic mass is 9.82. The molecule has 7 nitrogen and oxygen atoms in total. The Bertz CT molecular complexity index is 1270. The van der Waals surface area contributed by atoms with E-state index in [2.05, 4.69) is 11.4 Å². The van der Waals surface area contributed by atoms with E-state index >= 15 is 0 Å². The molecule has 2 aromatic rings. The molecule has 0 aromatic heterocycles. The predicted octanol–water partition coefficient (Wildman–Crippen LogP) is 4.49. The molecule has 3 aliphatic rings. The molecule has 1 aliphatic heterocycles. The summed E-state index contributed by atoms with van der Waals surface area (Å²) in [4.78, 5) is 52.2. The highest BCUT2D eigenvalue weighted by atomic mass is 35.5. The number of hydrogen-bond acceptors (Lipinski definition) is 5. The molecule has 5 rings (SSSR count). The Balaban J connectivity index is 1.25. The summed E-state index contributed by atoms with van der Waals surface area (Å²) < 4.78 is 5.11. The largest absolute Gasteiger partial charge is 0.452 e. The summed E-state index contributed by atoms with van der Waals surface area (Å²) in [6.45, 7) is 1.47. The van der Waals surface area contributed by atoms with Crippen molar-refractivity contribution in [3.63, 3.8) is 0 Å². The van der Waals surface area contributed by atoms with Crippen LogP contribution in [0.4, 0.5) is 11.4 Å². The molecule has 34 heavy (non-hydrogen) atoms. The molecule has 0 spiro atoms. The van der Waals surface area contributed by atoms with Crippen LogP contribution in [0.25, 0.3) is 0 Å². The zero-order chi connectivity index (χ0) is 24.1. The van der Waals surface area contributed by atoms with Crippen LogP contribution in [0.15, 0.2) is 54.1 Å². The maximum atomic E-state index is 13.1. The van der Waals surface area contributed by atoms with Crippen molar-refractivity contribution in [2.45, 2.75) is 13.3 Å². The lowest BCUT2D eigenvalue weighted by Gasteiger charge is -2.19. The van der Waals surface area contributed by atoms with Crippen molar-refractivity contribution in [1.82, 2.24) is 0 Å². The van der Waals surface area contributed by atoms with E-state index in [1.54, 1.807) is 18.2 Å². The van der Waals surface area contributed by atoms with E-state index in [9.17, 15) is 19.2 Å². The molecule has 2 aliphatic carbocycles. The topological polar surface area (TPSA) is 92.8 Å². The van der Waals surface area contributed by atoms with Crippen LogP contribution in [0.5, 0.6) is 0 Å². The second kappa shape index (κ2) is 8.56. The third kappa shape index (κ3) is 3.79. The quantitative estimate of drug-likeness (QED) is 0.372. The third-order valence-electron chi connectivity index (χ3n) is 6.76. The first-order valence-corrected chi connectivity index (χ1v) is 11.6. The monoisotopic (exact) mass is 498 g/mol. The minimum atomic E-state index is -0.754. The fourth-order valence-electron chi connectivity index (χ4n) is 5.29. The van der Waals surface area contributed by atoms with Gasteiger partial charge < -0.3 is 10.1 Å². The number of nitrogens with zero attached hydrogens (tertiary/aromatic N) is 1. The second-order valence-electron chi connectivity index (χ2n) is 8.78. The van der Waals surface area contributed by atoms with Crippen LogP contribution in [-0.4, -0.2) is 30.3 Å². The number of amides is 3. The highest BCUT2D eigenvalue weighted by Crippen LogP contribution is 2.55. The van der Waals surface area contributed by atoms with Gasteiger partial charge in [0.05, 0.1) is 33.8 Å². The number of nitrogens with one attached hydrogen (secondary N) is 1. The van der Waals surface area contributed by atoms with Crippen LogP contribution >= 0.6 is 23.2 Å². The van der Waals surface area contributed by atoms with Crippen LogP contribution < -0.4 is 10.2 Å². The molecule has 4 atom stereocenters. The first-order valence-electron chi connectivity index (χ1n) is 10.8. The van der Waals surface area contributed by atoms with Crippen molar-refractivity contribution in [2.75, 3.05) is 16.8 Å². The highest BCUT2D eigenvalue weighted by Gasteiger charge is 2.60. The number of ether oxygens (including phenoxy) is 1. The minimum Gasteiger partial charge on any atom is -0.452 e. The first kappa shape index (κ1) is 22.6. The molecular formula is C25H20Cl2N2O5. The summed E-state index contributed by atoms with van der Waals surface area (Å²) >= 11 is 11.9. The Labute approximate surface area is 205 Å². The van der Waals surface area contributed by atoms with Crippen LogP contribution in [0, 0.1) is 23.7 Å². The van der Waals surface area contributed by atoms with Gasteiger partial charge in [0, 0.05) is 5.02 Å². The minimum absolute atomic E-state index is 0.0947. The van der Waals surface area contributed by atoms with Gasteiger partial charge in [-0.25, -0.2) is 9.69 Å². The van der Waals surface area contributed by atoms with E-state index < -0.39 is 18.5 Å². The van der Waals surface area contributed by atoms with Gasteiger partial charge in [0.1, 0.15) is 0 Å². The number of carbonyl (C=O) groups is 4. The molecular weight excluding hydrogens is 479 g/mol. The second-order valence-corrected chi connectivity index (χ2v) is 9.62. The van der Waals surface area contributed by atoms with E-state index in [-0.39, 0.29) is 46.1 Å². The number of rotatable bonds is 5. The van der Waals surface area contributed by atoms with E-state index in [4.69, 9.17) is 27.9 Å². The van der Waals surface area contributed by atoms with Crippen molar-refractivity contribution < 1.29 is 23.9 Å². The van der Waals surface area contributed by atoms with Gasteiger partial charge in [0.25, 0.3) is 5.91 Å². The van der Waals surface area contributed by atoms with Gasteiger partial charge in [-0.3, -0.25) is 14.4 Å². The number of carbonyl (C=O) groups excluding carboxylic acids is 4. The summed E-state index contributed by atoms with van der Waals surface area (Å²) in [5.74, 6) is -2.24. The molecule has 2 aromatic carbocycles. The summed E-state index contributed by atoms with van der Waals surface area (Å²) in [5, 5.41) is 3.22. The Morgan fingerprint density at radius 3 is 2.62 bits per heavy atom. The Morgan fingerprint density at radius 1 is 1.09 bits per heavy atom. The van der Waals surface area contributed by atoms with Crippen molar-refractivity contribution in [2.24, 2.45) is 23.7 Å². The van der Waals surface area contributed by atoms with Gasteiger partial charge in [-0.05, 0) is 61.6 Å². The number of allylic oxidation sites excluding steroid dienone is 2. The molecule has 0 radical (unpaired) electrons. The Hall–Kier alpha value is -3.16. The van der Waals surface area contributed by atoms with Crippen LogP contribution in [0.2, 0.25) is 10.0 Å². The summed E-state index contributed by atoms with van der Waals surface area (Å²) in [5.41, 5.74) is 1.97. The number of imide groups is 1. The predicted molar refractivity (Wildman–Crippen MR) is 127 cm³/mol. The molecule has 2 bridgehead atoms. The number of esters is 1. The summed E-state index contributed by atoms with van der Waals surface area (Å²) in [7, 11) is 0. The fourth-order valence-corrected chi connectivity index (χ4v) is 5.75. The van der Waals surface area contributed by atoms with Gasteiger partial charge in [-0.2, -0.15) is 0 Å². The summed E-state index contributed by atoms with van der Waals surface area (Å²) in [6, 6.07) is 10.7. The number of benzene rings is 2. The normalized spacial score (nSPS) is 24.8. The average Bonchev–Trinajstić information content (AvgIpc) is 3.44. The van der Waals surface area contributed by atoms with Crippen molar-refractivity contribution >= 4 is 58.3 Å². The SMILES string of the molecule is CC1=C[C@H]2C[C@H]1[C@@H]1C(=O)N(c3cccc(C(=O)OCC(=O)Nc4ccc(Cl)cc4Cl)c3)C(=O)[C@H]12. The molecule has 1 saturated carbocycles. The number of anilines is 2. The molecule has 1 N–H and O–H groups in total. The van der Waals surface area contributed by atoms with Crippen molar-refractivity contribution in [3.8, 4) is 0 Å². The van der Waals surface area contributed by atoms with E-state index in [0.717, 1.165) is 6.42 Å². The van der Waals surface area contributed by atoms with Crippen molar-refractivity contribution in [1.29, 1.82) is 0 Å². The van der Waals surface area contributed by atoms with Gasteiger partial charge in [-0.15, -0.1) is 0 Å². The first-order chi connectivity index (χ1) is 16.2. The number of halogens is 2. The molecule has 1 heterocycles. The van der Waals surface area contributed by atoms with Gasteiger partial charge in [0.15, 0.2) is 6.61 Å². The Kier molecular flexibility index (Phi) is 5.70. The lowest BCUT2D eigenvalue weighted by molar-refractivity contribution is -0.123. The third-order valence-corrected chi connectivity index (χ3v) is 7.31. The Morgan fingerprint density at radius 2 is 1.85 bits per heavy atom. The number of hydrogen-bond donors (Lipinski definition) is 1. The summed E-state index contributed by atoms with van der Waals surface area (Å²) in [6.07, 6.45) is 2.96. The van der Waals surface area contributed by atoms with E-state index in [1.165, 1.54) is 34.7 Å². The fraction of sp³-hybridized carbons (Fsp3) is 0.280. The van der Waals surface area contributed by atoms with Gasteiger partial charge in [0.2, 0.25) is 11.8 Å². The van der Waals surface area contributed by atoms with Gasteiger partial charge >= 0.3 is 5.97 Å². The molecule has 174 valence electrons. The molecule has 9 heteroatoms. The number of fused-ring (bicyclic) bond motifs is 5. The zero-order valence-electron chi connectivity index (χ0n) is 18.1. The van der Waals surface area contributed by atoms with Crippen LogP contribution in [0.3, 0.4) is 0 Å².